The van der Waals surface area contributed by atoms with Gasteiger partial charge >= 0.3 is 0 Å². The van der Waals surface area contributed by atoms with Gasteiger partial charge in [0.2, 0.25) is 0 Å². The van der Waals surface area contributed by atoms with Crippen LogP contribution in [0.2, 0.25) is 0 Å². The van der Waals surface area contributed by atoms with E-state index in [0.29, 0.717) is 0 Å². The van der Waals surface area contributed by atoms with E-state index in [1.807, 2.05) is 29.9 Å². The Morgan fingerprint density at radius 3 is 2.79 bits per heavy atom. The maximum absolute atomic E-state index is 6.00. The summed E-state index contributed by atoms with van der Waals surface area (Å²) in [7, 11) is 3.65. The van der Waals surface area contributed by atoms with Gasteiger partial charge in [-0.15, -0.1) is 0 Å². The Balaban J connectivity index is 1.68. The van der Waals surface area contributed by atoms with Crippen LogP contribution in [0.25, 0.3) is 11.0 Å². The fourth-order valence-corrected chi connectivity index (χ4v) is 3.12. The van der Waals surface area contributed by atoms with E-state index in [2.05, 4.69) is 37.3 Å². The van der Waals surface area contributed by atoms with Crippen LogP contribution in [0, 0.1) is 13.8 Å². The van der Waals surface area contributed by atoms with Crippen molar-refractivity contribution < 1.29 is 9.15 Å². The van der Waals surface area contributed by atoms with Gasteiger partial charge in [0.15, 0.2) is 11.3 Å². The smallest absolute Gasteiger partial charge is 0.176 e. The van der Waals surface area contributed by atoms with Gasteiger partial charge in [0, 0.05) is 18.1 Å². The van der Waals surface area contributed by atoms with E-state index in [-0.39, 0.29) is 6.04 Å². The summed E-state index contributed by atoms with van der Waals surface area (Å²) in [6.45, 7) is 7.18. The third kappa shape index (κ3) is 3.04. The molecule has 1 N–H and O–H groups in total. The van der Waals surface area contributed by atoms with Crippen LogP contribution >= 0.6 is 0 Å². The van der Waals surface area contributed by atoms with Gasteiger partial charge in [0.05, 0.1) is 18.8 Å². The summed E-state index contributed by atoms with van der Waals surface area (Å²) in [5.41, 5.74) is 4.47. The molecule has 2 heterocycles. The second-order valence-electron chi connectivity index (χ2n) is 6.23. The molecule has 3 rings (SSSR count). The lowest BCUT2D eigenvalue weighted by atomic mass is 10.1. The lowest BCUT2D eigenvalue weighted by molar-refractivity contribution is 0.400. The monoisotopic (exact) mass is 327 g/mol. The van der Waals surface area contributed by atoms with Gasteiger partial charge in [0.25, 0.3) is 0 Å². The quantitative estimate of drug-likeness (QED) is 0.750. The van der Waals surface area contributed by atoms with Crippen LogP contribution in [0.1, 0.15) is 35.7 Å². The van der Waals surface area contributed by atoms with Crippen LogP contribution in [0.5, 0.6) is 5.75 Å². The number of aromatic nitrogens is 2. The van der Waals surface area contributed by atoms with E-state index in [1.54, 1.807) is 7.11 Å². The second-order valence-corrected chi connectivity index (χ2v) is 6.23. The van der Waals surface area contributed by atoms with Gasteiger partial charge in [-0.3, -0.25) is 4.68 Å². The van der Waals surface area contributed by atoms with Crippen molar-refractivity contribution in [2.45, 2.75) is 33.2 Å². The molecule has 3 aromatic rings. The first-order chi connectivity index (χ1) is 11.5. The highest BCUT2D eigenvalue weighted by atomic mass is 16.5. The van der Waals surface area contributed by atoms with Crippen molar-refractivity contribution in [1.29, 1.82) is 0 Å². The first kappa shape index (κ1) is 16.6. The normalized spacial score (nSPS) is 12.7. The molecule has 0 bridgehead atoms. The molecule has 5 nitrogen and oxygen atoms in total. The molecule has 5 heteroatoms. The zero-order valence-electron chi connectivity index (χ0n) is 15.0. The molecule has 0 aliphatic rings. The summed E-state index contributed by atoms with van der Waals surface area (Å²) in [6.07, 6.45) is 0.958. The summed E-state index contributed by atoms with van der Waals surface area (Å²) in [6, 6.07) is 8.16. The average molecular weight is 327 g/mol. The fraction of sp³-hybridized carbons (Fsp3) is 0.421. The highest BCUT2D eigenvalue weighted by Crippen LogP contribution is 2.30. The molecule has 1 atom stereocenters. The first-order valence-corrected chi connectivity index (χ1v) is 8.30. The Kier molecular flexibility index (Phi) is 4.62. The second kappa shape index (κ2) is 6.69. The fourth-order valence-electron chi connectivity index (χ4n) is 3.12. The number of furan rings is 1. The van der Waals surface area contributed by atoms with Crippen molar-refractivity contribution in [2.75, 3.05) is 13.7 Å². The Morgan fingerprint density at radius 2 is 2.12 bits per heavy atom. The van der Waals surface area contributed by atoms with Gasteiger partial charge in [-0.05, 0) is 51.4 Å². The summed E-state index contributed by atoms with van der Waals surface area (Å²) in [4.78, 5) is 0. The number of hydrogen-bond acceptors (Lipinski definition) is 4. The maximum atomic E-state index is 6.00. The zero-order valence-corrected chi connectivity index (χ0v) is 15.0. The molecule has 0 fully saturated rings. The molecule has 0 aliphatic carbocycles. The van der Waals surface area contributed by atoms with Gasteiger partial charge in [-0.2, -0.15) is 5.10 Å². The number of nitrogens with zero attached hydrogens (tertiary/aromatic N) is 2. The van der Waals surface area contributed by atoms with Gasteiger partial charge < -0.3 is 14.5 Å². The van der Waals surface area contributed by atoms with Crippen molar-refractivity contribution in [3.05, 3.63) is 47.0 Å². The Bertz CT molecular complexity index is 848. The highest BCUT2D eigenvalue weighted by Gasteiger charge is 2.14. The van der Waals surface area contributed by atoms with E-state index in [0.717, 1.165) is 41.1 Å². The predicted molar refractivity (Wildman–Crippen MR) is 95.6 cm³/mol. The number of aryl methyl sites for hydroxylation is 2. The standard InChI is InChI=1S/C19H25N3O2/c1-12-16(14(3)22(4)21-12)9-10-20-13(2)18-11-15-7-6-8-17(23-5)19(15)24-18/h6-8,11,13,20H,9-10H2,1-5H3/t13-/m1/s1. The van der Waals surface area contributed by atoms with Crippen LogP contribution in [0.4, 0.5) is 0 Å². The Morgan fingerprint density at radius 1 is 1.33 bits per heavy atom. The summed E-state index contributed by atoms with van der Waals surface area (Å²) >= 11 is 0. The molecule has 0 spiro atoms. The molecule has 24 heavy (non-hydrogen) atoms. The third-order valence-electron chi connectivity index (χ3n) is 4.66. The van der Waals surface area contributed by atoms with Crippen LogP contribution in [-0.4, -0.2) is 23.4 Å². The minimum absolute atomic E-state index is 0.138. The van der Waals surface area contributed by atoms with E-state index in [4.69, 9.17) is 9.15 Å². The lowest BCUT2D eigenvalue weighted by Crippen LogP contribution is -2.21. The molecule has 0 saturated heterocycles. The zero-order chi connectivity index (χ0) is 17.3. The van der Waals surface area contributed by atoms with Crippen LogP contribution < -0.4 is 10.1 Å². The topological polar surface area (TPSA) is 52.2 Å². The molecule has 0 saturated carbocycles. The average Bonchev–Trinajstić information content (AvgIpc) is 3.10. The first-order valence-electron chi connectivity index (χ1n) is 8.30. The van der Waals surface area contributed by atoms with Crippen molar-refractivity contribution in [3.8, 4) is 5.75 Å². The molecule has 0 unspecified atom stereocenters. The largest absolute Gasteiger partial charge is 0.493 e. The van der Waals surface area contributed by atoms with Crippen molar-refractivity contribution in [3.63, 3.8) is 0 Å². The maximum Gasteiger partial charge on any atom is 0.176 e. The molecule has 0 amide bonds. The molecule has 1 aromatic carbocycles. The SMILES string of the molecule is COc1cccc2cc([C@@H](C)NCCc3c(C)nn(C)c3C)oc12. The predicted octanol–water partition coefficient (Wildman–Crippen LogP) is 3.69. The van der Waals surface area contributed by atoms with Gasteiger partial charge in [0.1, 0.15) is 5.76 Å². The van der Waals surface area contributed by atoms with Crippen molar-refractivity contribution in [2.24, 2.45) is 7.05 Å². The Labute approximate surface area is 142 Å². The van der Waals surface area contributed by atoms with E-state index in [9.17, 15) is 0 Å². The van der Waals surface area contributed by atoms with E-state index < -0.39 is 0 Å². The highest BCUT2D eigenvalue weighted by molar-refractivity contribution is 5.83. The summed E-state index contributed by atoms with van der Waals surface area (Å²) < 4.78 is 13.3. The lowest BCUT2D eigenvalue weighted by Gasteiger charge is -2.11. The van der Waals surface area contributed by atoms with Crippen molar-refractivity contribution >= 4 is 11.0 Å². The number of ether oxygens (including phenoxy) is 1. The third-order valence-corrected chi connectivity index (χ3v) is 4.66. The molecule has 128 valence electrons. The Hall–Kier alpha value is -2.27. The number of para-hydroxylation sites is 1. The van der Waals surface area contributed by atoms with Crippen molar-refractivity contribution in [1.82, 2.24) is 15.1 Å². The minimum Gasteiger partial charge on any atom is -0.493 e. The summed E-state index contributed by atoms with van der Waals surface area (Å²) in [5, 5.41) is 9.08. The number of benzene rings is 1. The molecular formula is C19H25N3O2. The van der Waals surface area contributed by atoms with Gasteiger partial charge in [-0.1, -0.05) is 12.1 Å². The summed E-state index contributed by atoms with van der Waals surface area (Å²) in [5.74, 6) is 1.70. The number of fused-ring (bicyclic) bond motifs is 1. The van der Waals surface area contributed by atoms with E-state index in [1.165, 1.54) is 11.3 Å². The minimum atomic E-state index is 0.138. The number of methoxy groups -OCH3 is 1. The molecule has 2 aromatic heterocycles. The van der Waals surface area contributed by atoms with E-state index >= 15 is 0 Å². The number of nitrogens with one attached hydrogen (secondary N) is 1. The molecule has 0 radical (unpaired) electrons. The number of hydrogen-bond donors (Lipinski definition) is 1. The van der Waals surface area contributed by atoms with Crippen LogP contribution in [-0.2, 0) is 13.5 Å². The van der Waals surface area contributed by atoms with Crippen LogP contribution in [0.15, 0.2) is 28.7 Å². The molecule has 0 aliphatic heterocycles. The number of rotatable bonds is 6. The van der Waals surface area contributed by atoms with Gasteiger partial charge in [-0.25, -0.2) is 0 Å². The van der Waals surface area contributed by atoms with Crippen LogP contribution in [0.3, 0.4) is 0 Å². The molecular weight excluding hydrogens is 302 g/mol.